The summed E-state index contributed by atoms with van der Waals surface area (Å²) >= 11 is 0. The van der Waals surface area contributed by atoms with Gasteiger partial charge in [-0.1, -0.05) is 24.3 Å². The molecule has 1 aliphatic rings. The van der Waals surface area contributed by atoms with Crippen LogP contribution in [0.1, 0.15) is 31.8 Å². The SMILES string of the molecule is O=C(OC1Cc2ccccc2CC1OC(=O)c1ccc(O)cc1)c1ccc(O)cc1. The normalized spacial score (nSPS) is 17.6. The highest BCUT2D eigenvalue weighted by Gasteiger charge is 2.34. The van der Waals surface area contributed by atoms with Gasteiger partial charge in [0.25, 0.3) is 0 Å². The van der Waals surface area contributed by atoms with Crippen molar-refractivity contribution in [3.8, 4) is 11.5 Å². The van der Waals surface area contributed by atoms with E-state index in [0.29, 0.717) is 24.0 Å². The topological polar surface area (TPSA) is 93.1 Å². The van der Waals surface area contributed by atoms with Gasteiger partial charge in [0.15, 0.2) is 0 Å². The molecular weight excluding hydrogens is 384 g/mol. The molecule has 0 heterocycles. The molecule has 0 saturated heterocycles. The summed E-state index contributed by atoms with van der Waals surface area (Å²) in [4.78, 5) is 25.2. The van der Waals surface area contributed by atoms with E-state index in [0.717, 1.165) is 11.1 Å². The Kier molecular flexibility index (Phi) is 5.39. The highest BCUT2D eigenvalue weighted by molar-refractivity contribution is 5.90. The lowest BCUT2D eigenvalue weighted by Crippen LogP contribution is -2.41. The Balaban J connectivity index is 1.55. The molecule has 0 bridgehead atoms. The van der Waals surface area contributed by atoms with Crippen molar-refractivity contribution in [1.29, 1.82) is 0 Å². The molecule has 30 heavy (non-hydrogen) atoms. The summed E-state index contributed by atoms with van der Waals surface area (Å²) in [6.07, 6.45) is -0.453. The second-order valence-corrected chi connectivity index (χ2v) is 7.16. The molecule has 0 spiro atoms. The van der Waals surface area contributed by atoms with Crippen molar-refractivity contribution in [2.45, 2.75) is 25.0 Å². The minimum atomic E-state index is -0.651. The molecule has 0 fully saturated rings. The minimum absolute atomic E-state index is 0.0545. The van der Waals surface area contributed by atoms with Gasteiger partial charge in [-0.05, 0) is 59.7 Å². The Hall–Kier alpha value is -3.80. The average molecular weight is 404 g/mol. The maximum absolute atomic E-state index is 12.6. The molecule has 3 aromatic rings. The molecule has 6 heteroatoms. The third kappa shape index (κ3) is 4.27. The molecule has 0 aliphatic heterocycles. The highest BCUT2D eigenvalue weighted by Crippen LogP contribution is 2.27. The number of fused-ring (bicyclic) bond motifs is 1. The second kappa shape index (κ2) is 8.29. The lowest BCUT2D eigenvalue weighted by molar-refractivity contribution is -0.0389. The molecule has 0 radical (unpaired) electrons. The van der Waals surface area contributed by atoms with Crippen molar-refractivity contribution in [1.82, 2.24) is 0 Å². The fourth-order valence-corrected chi connectivity index (χ4v) is 3.49. The van der Waals surface area contributed by atoms with Crippen LogP contribution in [0.5, 0.6) is 11.5 Å². The van der Waals surface area contributed by atoms with E-state index >= 15 is 0 Å². The summed E-state index contributed by atoms with van der Waals surface area (Å²) < 4.78 is 11.4. The molecule has 0 amide bonds. The molecule has 6 nitrogen and oxygen atoms in total. The van der Waals surface area contributed by atoms with Gasteiger partial charge in [0, 0.05) is 12.8 Å². The Bertz CT molecular complexity index is 969. The van der Waals surface area contributed by atoms with Gasteiger partial charge < -0.3 is 19.7 Å². The van der Waals surface area contributed by atoms with Crippen molar-refractivity contribution in [3.05, 3.63) is 95.1 Å². The number of benzene rings is 3. The number of phenolic OH excluding ortho intramolecular Hbond substituents is 2. The van der Waals surface area contributed by atoms with Crippen LogP contribution in [0.2, 0.25) is 0 Å². The first-order chi connectivity index (χ1) is 14.5. The largest absolute Gasteiger partial charge is 0.508 e. The van der Waals surface area contributed by atoms with Gasteiger partial charge in [-0.3, -0.25) is 0 Å². The average Bonchev–Trinajstić information content (AvgIpc) is 2.75. The van der Waals surface area contributed by atoms with Gasteiger partial charge in [-0.2, -0.15) is 0 Å². The Morgan fingerprint density at radius 3 is 1.37 bits per heavy atom. The van der Waals surface area contributed by atoms with Crippen LogP contribution in [0.25, 0.3) is 0 Å². The first-order valence-electron chi connectivity index (χ1n) is 9.56. The zero-order valence-corrected chi connectivity index (χ0v) is 16.0. The lowest BCUT2D eigenvalue weighted by atomic mass is 9.87. The maximum Gasteiger partial charge on any atom is 0.338 e. The van der Waals surface area contributed by atoms with Gasteiger partial charge in [-0.25, -0.2) is 9.59 Å². The standard InChI is InChI=1S/C24H20O6/c25-19-9-5-15(6-10-19)23(27)29-21-13-17-3-1-2-4-18(17)14-22(21)30-24(28)16-7-11-20(26)12-8-16/h1-12,21-22,25-26H,13-14H2. The Morgan fingerprint density at radius 1 is 0.633 bits per heavy atom. The Morgan fingerprint density at radius 2 is 1.00 bits per heavy atom. The Labute approximate surface area is 173 Å². The summed E-state index contributed by atoms with van der Waals surface area (Å²) in [6, 6.07) is 19.3. The maximum atomic E-state index is 12.6. The van der Waals surface area contributed by atoms with Crippen molar-refractivity contribution in [2.24, 2.45) is 0 Å². The fraction of sp³-hybridized carbons (Fsp3) is 0.167. The van der Waals surface area contributed by atoms with Crippen molar-refractivity contribution in [2.75, 3.05) is 0 Å². The van der Waals surface area contributed by atoms with Crippen LogP contribution in [-0.4, -0.2) is 34.4 Å². The predicted molar refractivity (Wildman–Crippen MR) is 108 cm³/mol. The molecule has 0 saturated carbocycles. The van der Waals surface area contributed by atoms with E-state index in [2.05, 4.69) is 0 Å². The number of phenols is 2. The van der Waals surface area contributed by atoms with E-state index < -0.39 is 24.1 Å². The molecule has 152 valence electrons. The predicted octanol–water partition coefficient (Wildman–Crippen LogP) is 3.65. The first kappa shape index (κ1) is 19.5. The minimum Gasteiger partial charge on any atom is -0.508 e. The number of ether oxygens (including phenoxy) is 2. The summed E-state index contributed by atoms with van der Waals surface area (Å²) in [7, 11) is 0. The summed E-state index contributed by atoms with van der Waals surface area (Å²) in [5, 5.41) is 18.8. The lowest BCUT2D eigenvalue weighted by Gasteiger charge is -2.32. The number of esters is 2. The molecule has 2 atom stereocenters. The zero-order valence-electron chi connectivity index (χ0n) is 16.0. The molecule has 1 aliphatic carbocycles. The molecule has 0 aromatic heterocycles. The number of aromatic hydroxyl groups is 2. The molecule has 2 unspecified atom stereocenters. The van der Waals surface area contributed by atoms with Crippen LogP contribution >= 0.6 is 0 Å². The van der Waals surface area contributed by atoms with Gasteiger partial charge in [0.05, 0.1) is 11.1 Å². The molecule has 3 aromatic carbocycles. The van der Waals surface area contributed by atoms with Gasteiger partial charge in [-0.15, -0.1) is 0 Å². The van der Waals surface area contributed by atoms with Gasteiger partial charge >= 0.3 is 11.9 Å². The number of hydrogen-bond acceptors (Lipinski definition) is 6. The van der Waals surface area contributed by atoms with E-state index in [1.54, 1.807) is 0 Å². The van der Waals surface area contributed by atoms with Crippen molar-refractivity contribution >= 4 is 11.9 Å². The third-order valence-electron chi connectivity index (χ3n) is 5.10. The van der Waals surface area contributed by atoms with E-state index in [4.69, 9.17) is 9.47 Å². The molecule has 4 rings (SSSR count). The van der Waals surface area contributed by atoms with Crippen LogP contribution in [0.4, 0.5) is 0 Å². The van der Waals surface area contributed by atoms with E-state index in [-0.39, 0.29) is 11.5 Å². The van der Waals surface area contributed by atoms with Gasteiger partial charge in [0.2, 0.25) is 0 Å². The number of hydrogen-bond donors (Lipinski definition) is 2. The second-order valence-electron chi connectivity index (χ2n) is 7.16. The molecule has 2 N–H and O–H groups in total. The fourth-order valence-electron chi connectivity index (χ4n) is 3.49. The van der Waals surface area contributed by atoms with Crippen LogP contribution in [0.3, 0.4) is 0 Å². The quantitative estimate of drug-likeness (QED) is 0.645. The smallest absolute Gasteiger partial charge is 0.338 e. The van der Waals surface area contributed by atoms with E-state index in [1.165, 1.54) is 48.5 Å². The van der Waals surface area contributed by atoms with Crippen LogP contribution < -0.4 is 0 Å². The summed E-state index contributed by atoms with van der Waals surface area (Å²) in [6.45, 7) is 0. The third-order valence-corrected chi connectivity index (χ3v) is 5.10. The number of rotatable bonds is 4. The summed E-state index contributed by atoms with van der Waals surface area (Å²) in [5.41, 5.74) is 2.68. The zero-order chi connectivity index (χ0) is 21.1. The van der Waals surface area contributed by atoms with E-state index in [1.807, 2.05) is 24.3 Å². The van der Waals surface area contributed by atoms with Crippen molar-refractivity contribution in [3.63, 3.8) is 0 Å². The number of carbonyl (C=O) groups excluding carboxylic acids is 2. The van der Waals surface area contributed by atoms with Crippen LogP contribution in [0, 0.1) is 0 Å². The molecular formula is C24H20O6. The van der Waals surface area contributed by atoms with Crippen LogP contribution in [0.15, 0.2) is 72.8 Å². The van der Waals surface area contributed by atoms with E-state index in [9.17, 15) is 19.8 Å². The summed E-state index contributed by atoms with van der Waals surface area (Å²) in [5.74, 6) is -0.993. The van der Waals surface area contributed by atoms with Gasteiger partial charge in [0.1, 0.15) is 23.7 Å². The monoisotopic (exact) mass is 404 g/mol. The van der Waals surface area contributed by atoms with Crippen molar-refractivity contribution < 1.29 is 29.3 Å². The first-order valence-corrected chi connectivity index (χ1v) is 9.56. The van der Waals surface area contributed by atoms with Crippen LogP contribution in [-0.2, 0) is 22.3 Å². The highest BCUT2D eigenvalue weighted by atomic mass is 16.6. The number of carbonyl (C=O) groups is 2.